The van der Waals surface area contributed by atoms with Crippen molar-refractivity contribution in [3.63, 3.8) is 0 Å². The van der Waals surface area contributed by atoms with E-state index in [0.717, 1.165) is 19.4 Å². The van der Waals surface area contributed by atoms with Crippen LogP contribution in [-0.2, 0) is 12.8 Å². The van der Waals surface area contributed by atoms with Crippen molar-refractivity contribution >= 4 is 23.0 Å². The number of halogens is 1. The lowest BCUT2D eigenvalue weighted by Gasteiger charge is -2.31. The van der Waals surface area contributed by atoms with Crippen LogP contribution in [0.1, 0.15) is 24.0 Å². The Morgan fingerprint density at radius 3 is 2.86 bits per heavy atom. The van der Waals surface area contributed by atoms with Crippen LogP contribution in [0.4, 0.5) is 11.4 Å². The molecule has 3 heteroatoms. The van der Waals surface area contributed by atoms with Crippen LogP contribution in [0.25, 0.3) is 0 Å². The molecule has 0 radical (unpaired) electrons. The number of rotatable bonds is 4. The monoisotopic (exact) mass is 300 g/mol. The lowest BCUT2D eigenvalue weighted by molar-refractivity contribution is 0.664. The van der Waals surface area contributed by atoms with Crippen LogP contribution in [0.5, 0.6) is 0 Å². The zero-order chi connectivity index (χ0) is 14.7. The molecule has 0 fully saturated rings. The zero-order valence-electron chi connectivity index (χ0n) is 12.2. The van der Waals surface area contributed by atoms with Crippen molar-refractivity contribution in [1.82, 2.24) is 0 Å². The largest absolute Gasteiger partial charge is 0.398 e. The molecule has 3 rings (SSSR count). The fourth-order valence-electron chi connectivity index (χ4n) is 3.07. The van der Waals surface area contributed by atoms with Crippen LogP contribution in [0, 0.1) is 0 Å². The van der Waals surface area contributed by atoms with Crippen LogP contribution in [-0.4, -0.2) is 13.1 Å². The van der Waals surface area contributed by atoms with Gasteiger partial charge in [0.15, 0.2) is 0 Å². The van der Waals surface area contributed by atoms with Gasteiger partial charge in [-0.3, -0.25) is 0 Å². The number of nitrogen functional groups attached to an aromatic ring is 1. The molecular weight excluding hydrogens is 280 g/mol. The Kier molecular flexibility index (Phi) is 4.35. The highest BCUT2D eigenvalue weighted by Gasteiger charge is 2.15. The van der Waals surface area contributed by atoms with Crippen LogP contribution in [0.3, 0.4) is 0 Å². The minimum atomic E-state index is 0.642. The van der Waals surface area contributed by atoms with E-state index in [1.165, 1.54) is 36.2 Å². The summed E-state index contributed by atoms with van der Waals surface area (Å²) in [4.78, 5) is 2.51. The average molecular weight is 301 g/mol. The van der Waals surface area contributed by atoms with Gasteiger partial charge in [0.2, 0.25) is 0 Å². The van der Waals surface area contributed by atoms with E-state index in [9.17, 15) is 0 Å². The fourth-order valence-corrected chi connectivity index (χ4v) is 3.18. The van der Waals surface area contributed by atoms with Crippen molar-refractivity contribution in [3.05, 3.63) is 58.6 Å². The van der Waals surface area contributed by atoms with Crippen LogP contribution in [0.15, 0.2) is 42.5 Å². The molecule has 1 aliphatic heterocycles. The molecule has 2 nitrogen and oxygen atoms in total. The summed E-state index contributed by atoms with van der Waals surface area (Å²) in [7, 11) is 0. The second-order valence-electron chi connectivity index (χ2n) is 5.68. The van der Waals surface area contributed by atoms with Crippen molar-refractivity contribution in [2.75, 3.05) is 23.7 Å². The lowest BCUT2D eigenvalue weighted by atomic mass is 10.0. The minimum Gasteiger partial charge on any atom is -0.398 e. The SMILES string of the molecule is Nc1cc(CCCN2CCCc3ccccc32)ccc1Cl. The summed E-state index contributed by atoms with van der Waals surface area (Å²) in [5.74, 6) is 0. The van der Waals surface area contributed by atoms with E-state index in [0.29, 0.717) is 10.7 Å². The fraction of sp³-hybridized carbons (Fsp3) is 0.333. The van der Waals surface area contributed by atoms with Gasteiger partial charge in [0, 0.05) is 18.8 Å². The predicted molar refractivity (Wildman–Crippen MR) is 91.2 cm³/mol. The van der Waals surface area contributed by atoms with Gasteiger partial charge in [-0.25, -0.2) is 0 Å². The number of nitrogens with zero attached hydrogens (tertiary/aromatic N) is 1. The van der Waals surface area contributed by atoms with Crippen molar-refractivity contribution < 1.29 is 0 Å². The highest BCUT2D eigenvalue weighted by Crippen LogP contribution is 2.27. The Morgan fingerprint density at radius 2 is 2.00 bits per heavy atom. The maximum Gasteiger partial charge on any atom is 0.0635 e. The van der Waals surface area contributed by atoms with Gasteiger partial charge in [0.1, 0.15) is 0 Å². The number of benzene rings is 2. The first-order chi connectivity index (χ1) is 10.2. The molecule has 0 spiro atoms. The third-order valence-electron chi connectivity index (χ3n) is 4.16. The summed E-state index contributed by atoms with van der Waals surface area (Å²) in [6, 6.07) is 14.7. The van der Waals surface area contributed by atoms with Gasteiger partial charge in [0.25, 0.3) is 0 Å². The molecule has 0 atom stereocenters. The molecule has 2 aromatic carbocycles. The summed E-state index contributed by atoms with van der Waals surface area (Å²) < 4.78 is 0. The highest BCUT2D eigenvalue weighted by molar-refractivity contribution is 6.33. The van der Waals surface area contributed by atoms with Crippen LogP contribution >= 0.6 is 11.6 Å². The molecule has 0 aliphatic carbocycles. The van der Waals surface area contributed by atoms with E-state index in [1.54, 1.807) is 0 Å². The maximum absolute atomic E-state index is 5.96. The third-order valence-corrected chi connectivity index (χ3v) is 4.50. The number of hydrogen-bond donors (Lipinski definition) is 1. The zero-order valence-corrected chi connectivity index (χ0v) is 12.9. The smallest absolute Gasteiger partial charge is 0.0635 e. The molecule has 1 heterocycles. The minimum absolute atomic E-state index is 0.642. The first-order valence-electron chi connectivity index (χ1n) is 7.61. The summed E-state index contributed by atoms with van der Waals surface area (Å²) in [6.07, 6.45) is 4.64. The number of aryl methyl sites for hydroxylation is 2. The first-order valence-corrected chi connectivity index (χ1v) is 7.98. The van der Waals surface area contributed by atoms with Gasteiger partial charge in [-0.15, -0.1) is 0 Å². The Hall–Kier alpha value is -1.67. The van der Waals surface area contributed by atoms with E-state index in [-0.39, 0.29) is 0 Å². The molecule has 0 saturated heterocycles. The van der Waals surface area contributed by atoms with Crippen molar-refractivity contribution in [3.8, 4) is 0 Å². The number of hydrogen-bond acceptors (Lipinski definition) is 2. The van der Waals surface area contributed by atoms with Crippen LogP contribution < -0.4 is 10.6 Å². The van der Waals surface area contributed by atoms with Gasteiger partial charge in [-0.2, -0.15) is 0 Å². The standard InChI is InChI=1S/C18H21ClN2/c19-16-10-9-14(13-17(16)20)5-3-11-21-12-4-7-15-6-1-2-8-18(15)21/h1-2,6,8-10,13H,3-5,7,11-12,20H2. The molecule has 0 unspecified atom stereocenters. The summed E-state index contributed by atoms with van der Waals surface area (Å²) >= 11 is 5.96. The number of nitrogens with two attached hydrogens (primary N) is 1. The number of fused-ring (bicyclic) bond motifs is 1. The molecular formula is C18H21ClN2. The Labute approximate surface area is 131 Å². The van der Waals surface area contributed by atoms with Gasteiger partial charge < -0.3 is 10.6 Å². The van der Waals surface area contributed by atoms with E-state index in [2.05, 4.69) is 35.2 Å². The third kappa shape index (κ3) is 3.33. The quantitative estimate of drug-likeness (QED) is 0.853. The Morgan fingerprint density at radius 1 is 1.14 bits per heavy atom. The molecule has 2 aromatic rings. The maximum atomic E-state index is 5.96. The second-order valence-corrected chi connectivity index (χ2v) is 6.09. The number of para-hydroxylation sites is 1. The molecule has 0 saturated carbocycles. The number of anilines is 2. The van der Waals surface area contributed by atoms with Crippen LogP contribution in [0.2, 0.25) is 5.02 Å². The highest BCUT2D eigenvalue weighted by atomic mass is 35.5. The Bertz CT molecular complexity index is 624. The summed E-state index contributed by atoms with van der Waals surface area (Å²) in [6.45, 7) is 2.26. The average Bonchev–Trinajstić information content (AvgIpc) is 2.51. The van der Waals surface area contributed by atoms with Gasteiger partial charge in [-0.1, -0.05) is 35.9 Å². The second kappa shape index (κ2) is 6.40. The van der Waals surface area contributed by atoms with E-state index < -0.39 is 0 Å². The van der Waals surface area contributed by atoms with Crippen molar-refractivity contribution in [2.45, 2.75) is 25.7 Å². The topological polar surface area (TPSA) is 29.3 Å². The van der Waals surface area contributed by atoms with Gasteiger partial charge in [-0.05, 0) is 55.0 Å². The van der Waals surface area contributed by atoms with Gasteiger partial charge in [0.05, 0.1) is 10.7 Å². The summed E-state index contributed by atoms with van der Waals surface area (Å²) in [5, 5.41) is 0.642. The molecule has 0 bridgehead atoms. The molecule has 1 aliphatic rings. The molecule has 21 heavy (non-hydrogen) atoms. The van der Waals surface area contributed by atoms with E-state index in [4.69, 9.17) is 17.3 Å². The van der Waals surface area contributed by atoms with Gasteiger partial charge >= 0.3 is 0 Å². The molecule has 0 aromatic heterocycles. The molecule has 110 valence electrons. The first kappa shape index (κ1) is 14.3. The normalized spacial score (nSPS) is 14.0. The van der Waals surface area contributed by atoms with E-state index in [1.807, 2.05) is 12.1 Å². The Balaban J connectivity index is 1.60. The van der Waals surface area contributed by atoms with Crippen molar-refractivity contribution in [2.24, 2.45) is 0 Å². The van der Waals surface area contributed by atoms with Crippen molar-refractivity contribution in [1.29, 1.82) is 0 Å². The van der Waals surface area contributed by atoms with E-state index >= 15 is 0 Å². The lowest BCUT2D eigenvalue weighted by Crippen LogP contribution is -2.30. The molecule has 2 N–H and O–H groups in total. The predicted octanol–water partition coefficient (Wildman–Crippen LogP) is 4.31. The summed E-state index contributed by atoms with van der Waals surface area (Å²) in [5.41, 5.74) is 10.7. The molecule has 0 amide bonds.